The van der Waals surface area contributed by atoms with Gasteiger partial charge in [-0.2, -0.15) is 0 Å². The summed E-state index contributed by atoms with van der Waals surface area (Å²) in [5.74, 6) is 2.73. The minimum absolute atomic E-state index is 0.621. The highest BCUT2D eigenvalue weighted by molar-refractivity contribution is 6.00. The number of aromatic nitrogens is 6. The Labute approximate surface area is 405 Å². The highest BCUT2D eigenvalue weighted by Gasteiger charge is 2.25. The van der Waals surface area contributed by atoms with Gasteiger partial charge >= 0.3 is 0 Å². The number of benzene rings is 10. The molecule has 13 rings (SSSR count). The second kappa shape index (κ2) is 17.3. The molecular formula is C64H42N6. The second-order valence-corrected chi connectivity index (χ2v) is 17.5. The van der Waals surface area contributed by atoms with Crippen molar-refractivity contribution >= 4 is 27.8 Å². The van der Waals surface area contributed by atoms with Crippen LogP contribution in [-0.4, -0.2) is 28.9 Å². The molecule has 0 atom stereocenters. The fourth-order valence-corrected chi connectivity index (χ4v) is 9.76. The summed E-state index contributed by atoms with van der Waals surface area (Å²) in [6.45, 7) is 0. The first-order valence-electron chi connectivity index (χ1n) is 23.5. The Morgan fingerprint density at radius 3 is 1.09 bits per heavy atom. The summed E-state index contributed by atoms with van der Waals surface area (Å²) in [5, 5.41) is 0. The summed E-state index contributed by atoms with van der Waals surface area (Å²) in [5.41, 5.74) is 19.1. The standard InChI is InChI=1S/C64H42N6/c1-7-19-43(20-8-1)52-36-38-57-59(42-52)69-58-41-51(45-31-33-50(34-32-45)63-67-61(48-27-15-5-16-28-48)66-62(68-63)49-29-17-6-18-30-49)35-37-56(58)65-64(69)70(57)60-54(46-23-11-3-12-24-46)39-53(44-21-9-2-10-22-44)40-55(60)47-25-13-4-14-26-47/h1-42H. The van der Waals surface area contributed by atoms with Gasteiger partial charge in [0.2, 0.25) is 5.78 Å². The van der Waals surface area contributed by atoms with Gasteiger partial charge < -0.3 is 0 Å². The zero-order chi connectivity index (χ0) is 46.4. The maximum Gasteiger partial charge on any atom is 0.220 e. The van der Waals surface area contributed by atoms with E-state index in [1.165, 1.54) is 0 Å². The quantitative estimate of drug-likeness (QED) is 0.145. The van der Waals surface area contributed by atoms with Crippen molar-refractivity contribution in [2.75, 3.05) is 0 Å². The molecule has 328 valence electrons. The third kappa shape index (κ3) is 7.32. The minimum atomic E-state index is 0.621. The molecule has 0 amide bonds. The summed E-state index contributed by atoms with van der Waals surface area (Å²) in [6, 6.07) is 89.6. The first-order chi connectivity index (χ1) is 34.7. The fourth-order valence-electron chi connectivity index (χ4n) is 9.76. The lowest BCUT2D eigenvalue weighted by molar-refractivity contribution is 1.07. The summed E-state index contributed by atoms with van der Waals surface area (Å²) in [4.78, 5) is 20.4. The second-order valence-electron chi connectivity index (χ2n) is 17.5. The van der Waals surface area contributed by atoms with Gasteiger partial charge in [-0.3, -0.25) is 8.97 Å². The molecular weight excluding hydrogens is 853 g/mol. The van der Waals surface area contributed by atoms with Crippen LogP contribution in [0.1, 0.15) is 0 Å². The molecule has 0 aliphatic rings. The average molecular weight is 895 g/mol. The molecule has 0 N–H and O–H groups in total. The zero-order valence-corrected chi connectivity index (χ0v) is 37.9. The highest BCUT2D eigenvalue weighted by atomic mass is 15.2. The van der Waals surface area contributed by atoms with E-state index in [0.29, 0.717) is 17.5 Å². The van der Waals surface area contributed by atoms with Crippen LogP contribution in [0.2, 0.25) is 0 Å². The summed E-state index contributed by atoms with van der Waals surface area (Å²) < 4.78 is 4.74. The van der Waals surface area contributed by atoms with Gasteiger partial charge in [0.05, 0.1) is 27.8 Å². The monoisotopic (exact) mass is 894 g/mol. The third-order valence-corrected chi connectivity index (χ3v) is 13.2. The lowest BCUT2D eigenvalue weighted by Crippen LogP contribution is -2.02. The minimum Gasteiger partial charge on any atom is -0.277 e. The molecule has 0 saturated carbocycles. The van der Waals surface area contributed by atoms with Gasteiger partial charge in [0.1, 0.15) is 0 Å². The molecule has 3 heterocycles. The van der Waals surface area contributed by atoms with Crippen LogP contribution in [0.25, 0.3) is 123 Å². The van der Waals surface area contributed by atoms with Crippen LogP contribution in [0.5, 0.6) is 0 Å². The topological polar surface area (TPSA) is 60.9 Å². The highest BCUT2D eigenvalue weighted by Crippen LogP contribution is 2.44. The van der Waals surface area contributed by atoms with E-state index in [4.69, 9.17) is 19.9 Å². The Morgan fingerprint density at radius 1 is 0.243 bits per heavy atom. The molecule has 6 nitrogen and oxygen atoms in total. The Bertz CT molecular complexity index is 3880. The largest absolute Gasteiger partial charge is 0.277 e. The zero-order valence-electron chi connectivity index (χ0n) is 37.9. The molecule has 10 aromatic carbocycles. The van der Waals surface area contributed by atoms with Crippen LogP contribution in [0.15, 0.2) is 255 Å². The molecule has 13 aromatic rings. The van der Waals surface area contributed by atoms with Gasteiger partial charge in [0.15, 0.2) is 17.5 Å². The number of fused-ring (bicyclic) bond motifs is 5. The molecule has 0 aliphatic heterocycles. The van der Waals surface area contributed by atoms with Crippen molar-refractivity contribution in [3.63, 3.8) is 0 Å². The molecule has 0 saturated heterocycles. The Balaban J connectivity index is 1.02. The molecule has 0 radical (unpaired) electrons. The first-order valence-corrected chi connectivity index (χ1v) is 23.5. The van der Waals surface area contributed by atoms with Gasteiger partial charge in [-0.25, -0.2) is 19.9 Å². The van der Waals surface area contributed by atoms with E-state index in [2.05, 4.69) is 203 Å². The van der Waals surface area contributed by atoms with Crippen LogP contribution in [0.3, 0.4) is 0 Å². The van der Waals surface area contributed by atoms with Crippen molar-refractivity contribution in [3.8, 4) is 95.5 Å². The molecule has 3 aromatic heterocycles. The van der Waals surface area contributed by atoms with Gasteiger partial charge in [0.25, 0.3) is 0 Å². The van der Waals surface area contributed by atoms with Gasteiger partial charge in [-0.1, -0.05) is 218 Å². The summed E-state index contributed by atoms with van der Waals surface area (Å²) in [6.07, 6.45) is 0. The summed E-state index contributed by atoms with van der Waals surface area (Å²) >= 11 is 0. The molecule has 6 heteroatoms. The number of imidazole rings is 2. The smallest absolute Gasteiger partial charge is 0.220 e. The van der Waals surface area contributed by atoms with Crippen LogP contribution >= 0.6 is 0 Å². The molecule has 70 heavy (non-hydrogen) atoms. The van der Waals surface area contributed by atoms with Crippen molar-refractivity contribution < 1.29 is 0 Å². The number of rotatable bonds is 9. The fraction of sp³-hybridized carbons (Fsp3) is 0. The lowest BCUT2D eigenvalue weighted by Gasteiger charge is -2.20. The maximum atomic E-state index is 5.54. The molecule has 0 bridgehead atoms. The maximum absolute atomic E-state index is 5.54. The first kappa shape index (κ1) is 40.7. The van der Waals surface area contributed by atoms with E-state index in [1.54, 1.807) is 0 Å². The number of hydrogen-bond acceptors (Lipinski definition) is 4. The van der Waals surface area contributed by atoms with Crippen molar-refractivity contribution in [2.45, 2.75) is 0 Å². The van der Waals surface area contributed by atoms with E-state index >= 15 is 0 Å². The molecule has 0 unspecified atom stereocenters. The summed E-state index contributed by atoms with van der Waals surface area (Å²) in [7, 11) is 0. The Morgan fingerprint density at radius 2 is 0.600 bits per heavy atom. The molecule has 0 spiro atoms. The third-order valence-electron chi connectivity index (χ3n) is 13.2. The SMILES string of the molecule is c1ccc(-c2cc(-c3ccccc3)c(-n3c4ccc(-c5ccccc5)cc4n4c5cc(-c6ccc(-c7nc(-c8ccccc8)nc(-c8ccccc8)n7)cc6)ccc5nc34)c(-c3ccccc3)c2)cc1. The van der Waals surface area contributed by atoms with Crippen LogP contribution in [0.4, 0.5) is 0 Å². The lowest BCUT2D eigenvalue weighted by atomic mass is 9.90. The van der Waals surface area contributed by atoms with E-state index in [9.17, 15) is 0 Å². The van der Waals surface area contributed by atoms with Crippen LogP contribution in [0, 0.1) is 0 Å². The van der Waals surface area contributed by atoms with Gasteiger partial charge in [-0.05, 0) is 80.9 Å². The number of nitrogens with zero attached hydrogens (tertiary/aromatic N) is 6. The Hall–Kier alpha value is -9.52. The van der Waals surface area contributed by atoms with Gasteiger partial charge in [-0.15, -0.1) is 0 Å². The van der Waals surface area contributed by atoms with Crippen molar-refractivity contribution in [3.05, 3.63) is 255 Å². The van der Waals surface area contributed by atoms with E-state index in [-0.39, 0.29) is 0 Å². The Kier molecular flexibility index (Phi) is 10.1. The van der Waals surface area contributed by atoms with Crippen molar-refractivity contribution in [2.24, 2.45) is 0 Å². The number of hydrogen-bond donors (Lipinski definition) is 0. The average Bonchev–Trinajstić information content (AvgIpc) is 3.98. The van der Waals surface area contributed by atoms with E-state index in [1.807, 2.05) is 60.7 Å². The molecule has 0 fully saturated rings. The van der Waals surface area contributed by atoms with Gasteiger partial charge in [0, 0.05) is 27.8 Å². The van der Waals surface area contributed by atoms with Crippen molar-refractivity contribution in [1.82, 2.24) is 28.9 Å². The van der Waals surface area contributed by atoms with E-state index in [0.717, 1.165) is 106 Å². The van der Waals surface area contributed by atoms with Crippen LogP contribution < -0.4 is 0 Å². The van der Waals surface area contributed by atoms with Crippen molar-refractivity contribution in [1.29, 1.82) is 0 Å². The normalized spacial score (nSPS) is 11.4. The van der Waals surface area contributed by atoms with Crippen LogP contribution in [-0.2, 0) is 0 Å². The predicted octanol–water partition coefficient (Wildman–Crippen LogP) is 16.0. The van der Waals surface area contributed by atoms with E-state index < -0.39 is 0 Å². The molecule has 0 aliphatic carbocycles. The predicted molar refractivity (Wildman–Crippen MR) is 286 cm³/mol.